The molecule has 0 unspecified atom stereocenters. The number of rotatable bonds is 4. The highest BCUT2D eigenvalue weighted by Gasteiger charge is 2.16. The predicted octanol–water partition coefficient (Wildman–Crippen LogP) is 3.75. The molecule has 0 aromatic carbocycles. The summed E-state index contributed by atoms with van der Waals surface area (Å²) in [6.45, 7) is 0. The van der Waals surface area contributed by atoms with E-state index in [0.29, 0.717) is 11.0 Å². The van der Waals surface area contributed by atoms with Crippen LogP contribution in [0, 0.1) is 5.92 Å². The minimum atomic E-state index is 0.0885. The molecule has 2 rings (SSSR count). The fourth-order valence-corrected chi connectivity index (χ4v) is 2.68. The molecule has 1 aromatic heterocycles. The lowest BCUT2D eigenvalue weighted by molar-refractivity contribution is -0.116. The first-order chi connectivity index (χ1) is 8.25. The van der Waals surface area contributed by atoms with Gasteiger partial charge in [-0.3, -0.25) is 4.79 Å². The van der Waals surface area contributed by atoms with Gasteiger partial charge in [0.1, 0.15) is 4.60 Å². The number of aromatic nitrogens is 1. The topological polar surface area (TPSA) is 42.0 Å². The zero-order valence-electron chi connectivity index (χ0n) is 9.79. The van der Waals surface area contributed by atoms with E-state index in [4.69, 9.17) is 0 Å². The maximum Gasteiger partial charge on any atom is 0.224 e. The molecule has 1 aliphatic rings. The Morgan fingerprint density at radius 2 is 2.24 bits per heavy atom. The number of nitrogens with zero attached hydrogens (tertiary/aromatic N) is 1. The van der Waals surface area contributed by atoms with E-state index in [1.54, 1.807) is 6.20 Å². The maximum absolute atomic E-state index is 11.8. The standard InChI is InChI=1S/C13H17BrN2O/c14-13-11(6-3-9-15-13)16-12(17)8-7-10-4-1-2-5-10/h3,6,9-10H,1-2,4-5,7-8H2,(H,16,17). The first kappa shape index (κ1) is 12.6. The van der Waals surface area contributed by atoms with Crippen LogP contribution in [-0.4, -0.2) is 10.9 Å². The maximum atomic E-state index is 11.8. The van der Waals surface area contributed by atoms with Crippen molar-refractivity contribution in [2.24, 2.45) is 5.92 Å². The van der Waals surface area contributed by atoms with Gasteiger partial charge in [0, 0.05) is 12.6 Å². The van der Waals surface area contributed by atoms with Gasteiger partial charge in [-0.2, -0.15) is 0 Å². The largest absolute Gasteiger partial charge is 0.324 e. The Balaban J connectivity index is 1.79. The number of pyridine rings is 1. The van der Waals surface area contributed by atoms with Crippen molar-refractivity contribution in [1.29, 1.82) is 0 Å². The van der Waals surface area contributed by atoms with E-state index >= 15 is 0 Å². The highest BCUT2D eigenvalue weighted by molar-refractivity contribution is 9.10. The Morgan fingerprint density at radius 1 is 1.47 bits per heavy atom. The zero-order valence-corrected chi connectivity index (χ0v) is 11.4. The van der Waals surface area contributed by atoms with Gasteiger partial charge in [-0.05, 0) is 40.4 Å². The molecule has 1 N–H and O–H groups in total. The molecule has 92 valence electrons. The molecule has 1 aromatic rings. The van der Waals surface area contributed by atoms with Crippen molar-refractivity contribution in [2.75, 3.05) is 5.32 Å². The van der Waals surface area contributed by atoms with Gasteiger partial charge in [0.25, 0.3) is 0 Å². The minimum Gasteiger partial charge on any atom is -0.324 e. The highest BCUT2D eigenvalue weighted by Crippen LogP contribution is 2.28. The summed E-state index contributed by atoms with van der Waals surface area (Å²) in [6.07, 6.45) is 8.59. The van der Waals surface area contributed by atoms with Crippen LogP contribution in [0.2, 0.25) is 0 Å². The van der Waals surface area contributed by atoms with Gasteiger partial charge in [0.15, 0.2) is 0 Å². The molecular formula is C13H17BrN2O. The lowest BCUT2D eigenvalue weighted by Crippen LogP contribution is -2.13. The highest BCUT2D eigenvalue weighted by atomic mass is 79.9. The van der Waals surface area contributed by atoms with Crippen molar-refractivity contribution in [3.8, 4) is 0 Å². The number of nitrogens with one attached hydrogen (secondary N) is 1. The van der Waals surface area contributed by atoms with Gasteiger partial charge in [-0.25, -0.2) is 4.98 Å². The molecule has 1 aliphatic carbocycles. The van der Waals surface area contributed by atoms with Crippen LogP contribution in [0.15, 0.2) is 22.9 Å². The second-order valence-electron chi connectivity index (χ2n) is 4.58. The number of carbonyl (C=O) groups is 1. The van der Waals surface area contributed by atoms with Crippen molar-refractivity contribution in [3.63, 3.8) is 0 Å². The summed E-state index contributed by atoms with van der Waals surface area (Å²) in [5.74, 6) is 0.851. The third-order valence-electron chi connectivity index (χ3n) is 3.29. The van der Waals surface area contributed by atoms with Crippen LogP contribution in [0.25, 0.3) is 0 Å². The monoisotopic (exact) mass is 296 g/mol. The normalized spacial score (nSPS) is 16.1. The smallest absolute Gasteiger partial charge is 0.224 e. The van der Waals surface area contributed by atoms with Crippen molar-refractivity contribution in [3.05, 3.63) is 22.9 Å². The summed E-state index contributed by atoms with van der Waals surface area (Å²) in [5, 5.41) is 2.89. The number of halogens is 1. The van der Waals surface area contributed by atoms with Crippen LogP contribution in [-0.2, 0) is 4.79 Å². The van der Waals surface area contributed by atoms with E-state index in [0.717, 1.165) is 18.0 Å². The Morgan fingerprint density at radius 3 is 2.94 bits per heavy atom. The van der Waals surface area contributed by atoms with E-state index in [-0.39, 0.29) is 5.91 Å². The lowest BCUT2D eigenvalue weighted by atomic mass is 10.0. The molecule has 0 saturated heterocycles. The fourth-order valence-electron chi connectivity index (χ4n) is 2.33. The average molecular weight is 297 g/mol. The third kappa shape index (κ3) is 3.80. The minimum absolute atomic E-state index is 0.0885. The molecular weight excluding hydrogens is 280 g/mol. The molecule has 3 nitrogen and oxygen atoms in total. The SMILES string of the molecule is O=C(CCC1CCCC1)Nc1cccnc1Br. The van der Waals surface area contributed by atoms with E-state index in [2.05, 4.69) is 26.2 Å². The van der Waals surface area contributed by atoms with Gasteiger partial charge < -0.3 is 5.32 Å². The molecule has 4 heteroatoms. The first-order valence-corrected chi connectivity index (χ1v) is 6.95. The van der Waals surface area contributed by atoms with Gasteiger partial charge in [0.2, 0.25) is 5.91 Å². The van der Waals surface area contributed by atoms with E-state index < -0.39 is 0 Å². The van der Waals surface area contributed by atoms with Gasteiger partial charge in [-0.1, -0.05) is 25.7 Å². The van der Waals surface area contributed by atoms with Gasteiger partial charge >= 0.3 is 0 Å². The molecule has 0 bridgehead atoms. The number of hydrogen-bond acceptors (Lipinski definition) is 2. The zero-order chi connectivity index (χ0) is 12.1. The second kappa shape index (κ2) is 6.15. The Kier molecular flexibility index (Phi) is 4.54. The van der Waals surface area contributed by atoms with Crippen LogP contribution in [0.3, 0.4) is 0 Å². The lowest BCUT2D eigenvalue weighted by Gasteiger charge is -2.09. The van der Waals surface area contributed by atoms with Gasteiger partial charge in [-0.15, -0.1) is 0 Å². The Bertz CT molecular complexity index is 389. The van der Waals surface area contributed by atoms with Crippen LogP contribution in [0.4, 0.5) is 5.69 Å². The molecule has 0 atom stereocenters. The van der Waals surface area contributed by atoms with Crippen molar-refractivity contribution in [2.45, 2.75) is 38.5 Å². The first-order valence-electron chi connectivity index (χ1n) is 6.16. The van der Waals surface area contributed by atoms with E-state index in [1.165, 1.54) is 25.7 Å². The number of amides is 1. The summed E-state index contributed by atoms with van der Waals surface area (Å²) >= 11 is 3.32. The summed E-state index contributed by atoms with van der Waals surface area (Å²) in [6, 6.07) is 3.67. The van der Waals surface area contributed by atoms with E-state index in [9.17, 15) is 4.79 Å². The molecule has 0 aliphatic heterocycles. The number of hydrogen-bond donors (Lipinski definition) is 1. The predicted molar refractivity (Wildman–Crippen MR) is 71.8 cm³/mol. The summed E-state index contributed by atoms with van der Waals surface area (Å²) in [5.41, 5.74) is 0.754. The van der Waals surface area contributed by atoms with Crippen molar-refractivity contribution in [1.82, 2.24) is 4.98 Å². The number of anilines is 1. The molecule has 1 saturated carbocycles. The van der Waals surface area contributed by atoms with E-state index in [1.807, 2.05) is 12.1 Å². The van der Waals surface area contributed by atoms with Crippen LogP contribution in [0.5, 0.6) is 0 Å². The average Bonchev–Trinajstić information content (AvgIpc) is 2.82. The number of carbonyl (C=O) groups excluding carboxylic acids is 1. The quantitative estimate of drug-likeness (QED) is 0.860. The van der Waals surface area contributed by atoms with Crippen molar-refractivity contribution >= 4 is 27.5 Å². The Labute approximate surface area is 110 Å². The molecule has 17 heavy (non-hydrogen) atoms. The van der Waals surface area contributed by atoms with Crippen LogP contribution < -0.4 is 5.32 Å². The molecule has 1 heterocycles. The molecule has 0 spiro atoms. The molecule has 1 amide bonds. The molecule has 0 radical (unpaired) electrons. The second-order valence-corrected chi connectivity index (χ2v) is 5.33. The summed E-state index contributed by atoms with van der Waals surface area (Å²) in [4.78, 5) is 15.8. The third-order valence-corrected chi connectivity index (χ3v) is 3.92. The summed E-state index contributed by atoms with van der Waals surface area (Å²) < 4.78 is 0.689. The fraction of sp³-hybridized carbons (Fsp3) is 0.538. The van der Waals surface area contributed by atoms with Crippen LogP contribution >= 0.6 is 15.9 Å². The molecule has 1 fully saturated rings. The summed E-state index contributed by atoms with van der Waals surface area (Å²) in [7, 11) is 0. The van der Waals surface area contributed by atoms with Gasteiger partial charge in [0.05, 0.1) is 5.69 Å². The van der Waals surface area contributed by atoms with Crippen molar-refractivity contribution < 1.29 is 4.79 Å². The van der Waals surface area contributed by atoms with Crippen LogP contribution in [0.1, 0.15) is 38.5 Å². The Hall–Kier alpha value is -0.900.